The van der Waals surface area contributed by atoms with Crippen molar-refractivity contribution in [2.24, 2.45) is 0 Å². The predicted molar refractivity (Wildman–Crippen MR) is 208 cm³/mol. The van der Waals surface area contributed by atoms with E-state index in [-0.39, 0.29) is 40.1 Å². The number of carboxylic acids is 3. The second-order valence-corrected chi connectivity index (χ2v) is 16.0. The molecular formula is C38H33O18P3. The molecule has 0 saturated heterocycles. The Morgan fingerprint density at radius 2 is 0.678 bits per heavy atom. The zero-order chi connectivity index (χ0) is 42.3. The first kappa shape index (κ1) is 43.7. The summed E-state index contributed by atoms with van der Waals surface area (Å²) in [6.07, 6.45) is 3.03. The number of carbonyl (C=O) groups is 3. The molecule has 0 radical (unpaired) electrons. The summed E-state index contributed by atoms with van der Waals surface area (Å²) in [7, 11) is -14.0. The van der Waals surface area contributed by atoms with Gasteiger partial charge in [-0.25, -0.2) is 28.1 Å². The molecule has 0 saturated carbocycles. The highest BCUT2D eigenvalue weighted by atomic mass is 31.2. The van der Waals surface area contributed by atoms with Crippen molar-refractivity contribution in [3.05, 3.63) is 145 Å². The minimum Gasteiger partial charge on any atom is -0.480 e. The lowest BCUT2D eigenvalue weighted by molar-refractivity contribution is -0.140. The van der Waals surface area contributed by atoms with Gasteiger partial charge in [0.25, 0.3) is 0 Å². The zero-order valence-electron chi connectivity index (χ0n) is 30.3. The van der Waals surface area contributed by atoms with Gasteiger partial charge in [0.2, 0.25) is 0 Å². The average molecular weight is 871 g/mol. The van der Waals surface area contributed by atoms with Gasteiger partial charge < -0.3 is 42.5 Å². The molecule has 0 aliphatic heterocycles. The van der Waals surface area contributed by atoms with E-state index in [9.17, 15) is 38.3 Å². The van der Waals surface area contributed by atoms with Crippen LogP contribution >= 0.6 is 23.5 Å². The standard InChI is InChI=1S/C38H33O18P3/c39-36(40)25-48-57(45,51-30-10-4-1-5-11-30)54-33-20-18-28(19-21-33)16-17-29-22-34(55-58(46,49-26-37(41)42)52-31-12-6-2-7-13-31)24-35(23-29)56-59(47,50-27-38(43)44)53-32-14-8-3-9-15-32/h1-24H,25-27H2,(H,39,40)(H,41,42)(H,43,44)/b17-16+. The van der Waals surface area contributed by atoms with Crippen LogP contribution in [0.1, 0.15) is 11.1 Å². The zero-order valence-corrected chi connectivity index (χ0v) is 33.0. The Morgan fingerprint density at radius 1 is 0.390 bits per heavy atom. The van der Waals surface area contributed by atoms with Crippen LogP contribution in [0.5, 0.6) is 34.5 Å². The van der Waals surface area contributed by atoms with Gasteiger partial charge >= 0.3 is 41.4 Å². The maximum atomic E-state index is 13.8. The first-order valence-corrected chi connectivity index (χ1v) is 21.2. The average Bonchev–Trinajstić information content (AvgIpc) is 3.19. The molecule has 5 aromatic carbocycles. The second kappa shape index (κ2) is 20.4. The lowest BCUT2D eigenvalue weighted by atomic mass is 10.1. The number of phosphoric acid groups is 3. The van der Waals surface area contributed by atoms with E-state index in [1.54, 1.807) is 60.7 Å². The highest BCUT2D eigenvalue weighted by molar-refractivity contribution is 7.50. The molecule has 0 fully saturated rings. The Balaban J connectivity index is 1.46. The van der Waals surface area contributed by atoms with Crippen LogP contribution in [0.25, 0.3) is 12.2 Å². The molecule has 18 nitrogen and oxygen atoms in total. The number of phosphoric ester groups is 3. The molecule has 0 bridgehead atoms. The van der Waals surface area contributed by atoms with E-state index in [1.807, 2.05) is 0 Å². The lowest BCUT2D eigenvalue weighted by Gasteiger charge is -2.21. The molecule has 59 heavy (non-hydrogen) atoms. The van der Waals surface area contributed by atoms with E-state index in [2.05, 4.69) is 0 Å². The third-order valence-electron chi connectivity index (χ3n) is 6.82. The quantitative estimate of drug-likeness (QED) is 0.0409. The lowest BCUT2D eigenvalue weighted by Crippen LogP contribution is -2.12. The molecule has 5 rings (SSSR count). The van der Waals surface area contributed by atoms with Gasteiger partial charge in [0.1, 0.15) is 34.5 Å². The molecule has 0 heterocycles. The van der Waals surface area contributed by atoms with Crippen molar-refractivity contribution in [2.45, 2.75) is 0 Å². The van der Waals surface area contributed by atoms with E-state index in [0.717, 1.165) is 6.07 Å². The van der Waals surface area contributed by atoms with Crippen molar-refractivity contribution >= 4 is 53.5 Å². The van der Waals surface area contributed by atoms with Crippen molar-refractivity contribution < 1.29 is 84.1 Å². The van der Waals surface area contributed by atoms with Crippen molar-refractivity contribution in [1.29, 1.82) is 0 Å². The molecule has 0 spiro atoms. The monoisotopic (exact) mass is 870 g/mol. The summed E-state index contributed by atoms with van der Waals surface area (Å²) in [4.78, 5) is 33.9. The van der Waals surface area contributed by atoms with Gasteiger partial charge in [-0.2, -0.15) is 0 Å². The molecule has 308 valence electrons. The summed E-state index contributed by atoms with van der Waals surface area (Å²) in [5, 5.41) is 27.6. The first-order valence-electron chi connectivity index (χ1n) is 16.8. The van der Waals surface area contributed by atoms with Gasteiger partial charge in [-0.15, -0.1) is 0 Å². The van der Waals surface area contributed by atoms with Gasteiger partial charge in [0.15, 0.2) is 19.8 Å². The fourth-order valence-electron chi connectivity index (χ4n) is 4.46. The molecule has 0 aromatic heterocycles. The minimum absolute atomic E-state index is 0.000403. The summed E-state index contributed by atoms with van der Waals surface area (Å²) >= 11 is 0. The number of para-hydroxylation sites is 3. The van der Waals surface area contributed by atoms with Crippen LogP contribution in [-0.2, 0) is 41.6 Å². The minimum atomic E-state index is -4.78. The summed E-state index contributed by atoms with van der Waals surface area (Å²) < 4.78 is 89.2. The fourth-order valence-corrected chi connectivity index (χ4v) is 7.94. The Morgan fingerprint density at radius 3 is 1.00 bits per heavy atom. The largest absolute Gasteiger partial charge is 0.588 e. The van der Waals surface area contributed by atoms with Gasteiger partial charge in [0.05, 0.1) is 0 Å². The number of aliphatic carboxylic acids is 3. The van der Waals surface area contributed by atoms with Crippen LogP contribution in [0.2, 0.25) is 0 Å². The van der Waals surface area contributed by atoms with Gasteiger partial charge in [-0.05, 0) is 71.8 Å². The van der Waals surface area contributed by atoms with Crippen LogP contribution in [0, 0.1) is 0 Å². The normalized spacial score (nSPS) is 14.1. The van der Waals surface area contributed by atoms with Gasteiger partial charge in [0, 0.05) is 6.07 Å². The third-order valence-corrected chi connectivity index (χ3v) is 10.8. The van der Waals surface area contributed by atoms with Crippen LogP contribution in [-0.4, -0.2) is 53.0 Å². The molecular weight excluding hydrogens is 837 g/mol. The maximum absolute atomic E-state index is 13.8. The summed E-state index contributed by atoms with van der Waals surface area (Å²) in [6.45, 7) is -3.15. The number of rotatable bonds is 23. The van der Waals surface area contributed by atoms with Crippen molar-refractivity contribution in [2.75, 3.05) is 19.8 Å². The topological polar surface area (TPSA) is 246 Å². The van der Waals surface area contributed by atoms with Crippen molar-refractivity contribution in [1.82, 2.24) is 0 Å². The summed E-state index contributed by atoms with van der Waals surface area (Å²) in [6, 6.07) is 32.5. The van der Waals surface area contributed by atoms with E-state index < -0.39 is 61.2 Å². The van der Waals surface area contributed by atoms with Crippen LogP contribution in [0.15, 0.2) is 133 Å². The molecule has 3 atom stereocenters. The molecule has 0 aliphatic rings. The predicted octanol–water partition coefficient (Wildman–Crippen LogP) is 8.86. The number of hydrogen-bond donors (Lipinski definition) is 3. The number of carboxylic acid groups (broad SMARTS) is 3. The molecule has 0 amide bonds. The van der Waals surface area contributed by atoms with E-state index in [4.69, 9.17) is 45.8 Å². The first-order chi connectivity index (χ1) is 28.2. The van der Waals surface area contributed by atoms with E-state index >= 15 is 0 Å². The Kier molecular flexibility index (Phi) is 15.1. The van der Waals surface area contributed by atoms with Gasteiger partial charge in [-0.3, -0.25) is 13.6 Å². The Bertz CT molecular complexity index is 2280. The Hall–Kier alpha value is -6.38. The van der Waals surface area contributed by atoms with Crippen LogP contribution in [0.4, 0.5) is 0 Å². The smallest absolute Gasteiger partial charge is 0.480 e. The van der Waals surface area contributed by atoms with Crippen molar-refractivity contribution in [3.8, 4) is 34.5 Å². The molecule has 3 N–H and O–H groups in total. The van der Waals surface area contributed by atoms with Crippen molar-refractivity contribution in [3.63, 3.8) is 0 Å². The molecule has 0 aliphatic carbocycles. The SMILES string of the molecule is O=C(O)COP(=O)(Oc1ccccc1)Oc1ccc(/C=C/c2cc(OP(=O)(OCC(=O)O)Oc3ccccc3)cc(OP(=O)(OCC(=O)O)Oc3ccccc3)c2)cc1. The summed E-state index contributed by atoms with van der Waals surface area (Å²) in [5.41, 5.74) is 0.705. The highest BCUT2D eigenvalue weighted by Crippen LogP contribution is 2.53. The Labute approximate surface area is 335 Å². The van der Waals surface area contributed by atoms with Crippen LogP contribution < -0.4 is 27.1 Å². The fraction of sp³-hybridized carbons (Fsp3) is 0.0789. The molecule has 21 heteroatoms. The number of hydrogen-bond acceptors (Lipinski definition) is 15. The molecule has 3 unspecified atom stereocenters. The van der Waals surface area contributed by atoms with E-state index in [1.165, 1.54) is 78.9 Å². The van der Waals surface area contributed by atoms with Crippen LogP contribution in [0.3, 0.4) is 0 Å². The highest BCUT2D eigenvalue weighted by Gasteiger charge is 2.35. The third kappa shape index (κ3) is 14.8. The summed E-state index contributed by atoms with van der Waals surface area (Å²) in [5.74, 6) is -4.94. The maximum Gasteiger partial charge on any atom is 0.588 e. The molecule has 5 aromatic rings. The second-order valence-electron chi connectivity index (χ2n) is 11.5. The van der Waals surface area contributed by atoms with Gasteiger partial charge in [-0.1, -0.05) is 78.9 Å². The van der Waals surface area contributed by atoms with E-state index in [0.29, 0.717) is 5.56 Å². The number of benzene rings is 5.